The van der Waals surface area contributed by atoms with Crippen LogP contribution in [0.3, 0.4) is 0 Å². The Bertz CT molecular complexity index is 330. The van der Waals surface area contributed by atoms with Crippen molar-refractivity contribution in [3.05, 3.63) is 5.01 Å². The minimum Gasteiger partial charge on any atom is -0.396 e. The lowest BCUT2D eigenvalue weighted by molar-refractivity contribution is 0.209. The molecular formula is C10H18N4OS. The number of nitrogens with two attached hydrogens (primary N) is 1. The van der Waals surface area contributed by atoms with Crippen LogP contribution in [0.2, 0.25) is 0 Å². The number of nitrogen functional groups attached to an aromatic ring is 1. The largest absolute Gasteiger partial charge is 0.396 e. The number of rotatable bonds is 5. The molecule has 0 bridgehead atoms. The number of hydrogen-bond donors (Lipinski definition) is 2. The maximum Gasteiger partial charge on any atom is 0.203 e. The standard InChI is InChI=1S/C10H18N4OS/c11-10-13-12-9(16-10)7-14-5-1-3-8(14)4-2-6-15/h8,15H,1-7H2,(H2,11,13). The Morgan fingerprint density at radius 1 is 1.50 bits per heavy atom. The molecule has 16 heavy (non-hydrogen) atoms. The van der Waals surface area contributed by atoms with E-state index in [1.54, 1.807) is 0 Å². The summed E-state index contributed by atoms with van der Waals surface area (Å²) in [6.45, 7) is 2.26. The Balaban J connectivity index is 1.88. The summed E-state index contributed by atoms with van der Waals surface area (Å²) in [7, 11) is 0. The third-order valence-electron chi connectivity index (χ3n) is 3.02. The van der Waals surface area contributed by atoms with Crippen LogP contribution < -0.4 is 5.73 Å². The number of anilines is 1. The molecule has 2 heterocycles. The van der Waals surface area contributed by atoms with Crippen LogP contribution >= 0.6 is 11.3 Å². The van der Waals surface area contributed by atoms with E-state index in [0.29, 0.717) is 11.2 Å². The molecule has 0 aromatic carbocycles. The van der Waals surface area contributed by atoms with Crippen molar-refractivity contribution < 1.29 is 5.11 Å². The molecule has 1 saturated heterocycles. The second kappa shape index (κ2) is 5.56. The van der Waals surface area contributed by atoms with Crippen molar-refractivity contribution in [2.45, 2.75) is 38.3 Å². The quantitative estimate of drug-likeness (QED) is 0.801. The van der Waals surface area contributed by atoms with Crippen LogP contribution in [0.15, 0.2) is 0 Å². The first kappa shape index (κ1) is 11.8. The first-order valence-corrected chi connectivity index (χ1v) is 6.54. The van der Waals surface area contributed by atoms with Crippen LogP contribution in [0.1, 0.15) is 30.7 Å². The van der Waals surface area contributed by atoms with Crippen molar-refractivity contribution >= 4 is 16.5 Å². The Morgan fingerprint density at radius 2 is 2.38 bits per heavy atom. The Hall–Kier alpha value is -0.720. The van der Waals surface area contributed by atoms with Gasteiger partial charge in [-0.15, -0.1) is 10.2 Å². The Kier molecular flexibility index (Phi) is 4.09. The van der Waals surface area contributed by atoms with E-state index in [4.69, 9.17) is 10.8 Å². The van der Waals surface area contributed by atoms with Crippen molar-refractivity contribution in [3.63, 3.8) is 0 Å². The van der Waals surface area contributed by atoms with Crippen LogP contribution in [0.5, 0.6) is 0 Å². The number of likely N-dealkylation sites (tertiary alicyclic amines) is 1. The molecule has 0 radical (unpaired) electrons. The number of aromatic nitrogens is 2. The minimum atomic E-state index is 0.288. The first-order valence-electron chi connectivity index (χ1n) is 5.72. The Morgan fingerprint density at radius 3 is 3.06 bits per heavy atom. The van der Waals surface area contributed by atoms with Gasteiger partial charge in [0.2, 0.25) is 5.13 Å². The van der Waals surface area contributed by atoms with Gasteiger partial charge < -0.3 is 10.8 Å². The van der Waals surface area contributed by atoms with Gasteiger partial charge in [-0.2, -0.15) is 0 Å². The van der Waals surface area contributed by atoms with Gasteiger partial charge in [0.05, 0.1) is 6.54 Å². The van der Waals surface area contributed by atoms with E-state index in [2.05, 4.69) is 15.1 Å². The van der Waals surface area contributed by atoms with E-state index in [0.717, 1.165) is 30.9 Å². The monoisotopic (exact) mass is 242 g/mol. The average molecular weight is 242 g/mol. The van der Waals surface area contributed by atoms with Gasteiger partial charge in [0.25, 0.3) is 0 Å². The zero-order chi connectivity index (χ0) is 11.4. The van der Waals surface area contributed by atoms with Gasteiger partial charge in [0, 0.05) is 12.6 Å². The molecule has 90 valence electrons. The van der Waals surface area contributed by atoms with E-state index in [-0.39, 0.29) is 6.61 Å². The molecule has 1 aliphatic heterocycles. The lowest BCUT2D eigenvalue weighted by atomic mass is 10.1. The summed E-state index contributed by atoms with van der Waals surface area (Å²) < 4.78 is 0. The van der Waals surface area contributed by atoms with Gasteiger partial charge in [-0.1, -0.05) is 11.3 Å². The number of nitrogens with zero attached hydrogens (tertiary/aromatic N) is 3. The molecule has 0 saturated carbocycles. The lowest BCUT2D eigenvalue weighted by Gasteiger charge is -2.22. The van der Waals surface area contributed by atoms with Crippen molar-refractivity contribution in [1.82, 2.24) is 15.1 Å². The maximum atomic E-state index is 8.85. The van der Waals surface area contributed by atoms with E-state index in [1.165, 1.54) is 24.2 Å². The van der Waals surface area contributed by atoms with Gasteiger partial charge >= 0.3 is 0 Å². The van der Waals surface area contributed by atoms with Crippen LogP contribution in [-0.2, 0) is 6.54 Å². The molecule has 2 rings (SSSR count). The fourth-order valence-corrected chi connectivity index (χ4v) is 2.90. The minimum absolute atomic E-state index is 0.288. The predicted octanol–water partition coefficient (Wildman–Crippen LogP) is 0.857. The fraction of sp³-hybridized carbons (Fsp3) is 0.800. The second-order valence-electron chi connectivity index (χ2n) is 4.17. The van der Waals surface area contributed by atoms with Crippen molar-refractivity contribution in [3.8, 4) is 0 Å². The normalized spacial score (nSPS) is 21.7. The van der Waals surface area contributed by atoms with Gasteiger partial charge in [0.15, 0.2) is 0 Å². The highest BCUT2D eigenvalue weighted by atomic mass is 32.1. The molecule has 1 aromatic rings. The van der Waals surface area contributed by atoms with E-state index in [1.807, 2.05) is 0 Å². The zero-order valence-electron chi connectivity index (χ0n) is 9.30. The molecule has 1 unspecified atom stereocenters. The molecule has 0 spiro atoms. The first-order chi connectivity index (χ1) is 7.79. The van der Waals surface area contributed by atoms with Crippen LogP contribution in [-0.4, -0.2) is 39.4 Å². The molecule has 5 nitrogen and oxygen atoms in total. The SMILES string of the molecule is Nc1nnc(CN2CCCC2CCCO)s1. The molecule has 1 aliphatic rings. The van der Waals surface area contributed by atoms with Gasteiger partial charge in [0.1, 0.15) is 5.01 Å². The molecule has 6 heteroatoms. The third kappa shape index (κ3) is 2.90. The number of aliphatic hydroxyl groups is 1. The summed E-state index contributed by atoms with van der Waals surface area (Å²) in [4.78, 5) is 2.43. The molecule has 0 amide bonds. The smallest absolute Gasteiger partial charge is 0.203 e. The summed E-state index contributed by atoms with van der Waals surface area (Å²) in [5.41, 5.74) is 5.56. The summed E-state index contributed by atoms with van der Waals surface area (Å²) in [5, 5.41) is 18.3. The third-order valence-corrected chi connectivity index (χ3v) is 3.75. The Labute approximate surface area is 99.3 Å². The van der Waals surface area contributed by atoms with Crippen LogP contribution in [0.4, 0.5) is 5.13 Å². The highest BCUT2D eigenvalue weighted by molar-refractivity contribution is 7.15. The van der Waals surface area contributed by atoms with E-state index < -0.39 is 0 Å². The average Bonchev–Trinajstić information content (AvgIpc) is 2.86. The molecule has 1 aromatic heterocycles. The van der Waals surface area contributed by atoms with Gasteiger partial charge in [-0.25, -0.2) is 0 Å². The van der Waals surface area contributed by atoms with E-state index in [9.17, 15) is 0 Å². The highest BCUT2D eigenvalue weighted by Crippen LogP contribution is 2.24. The number of hydrogen-bond acceptors (Lipinski definition) is 6. The van der Waals surface area contributed by atoms with E-state index >= 15 is 0 Å². The lowest BCUT2D eigenvalue weighted by Crippen LogP contribution is -2.29. The van der Waals surface area contributed by atoms with Crippen molar-refractivity contribution in [1.29, 1.82) is 0 Å². The number of aliphatic hydroxyl groups excluding tert-OH is 1. The van der Waals surface area contributed by atoms with Gasteiger partial charge in [-0.3, -0.25) is 4.90 Å². The molecule has 1 atom stereocenters. The van der Waals surface area contributed by atoms with Crippen molar-refractivity contribution in [2.24, 2.45) is 0 Å². The summed E-state index contributed by atoms with van der Waals surface area (Å²) in [6, 6.07) is 0.595. The van der Waals surface area contributed by atoms with Gasteiger partial charge in [-0.05, 0) is 32.2 Å². The summed E-state index contributed by atoms with van der Waals surface area (Å²) in [5.74, 6) is 0. The summed E-state index contributed by atoms with van der Waals surface area (Å²) >= 11 is 1.46. The molecule has 1 fully saturated rings. The molecule has 0 aliphatic carbocycles. The van der Waals surface area contributed by atoms with Crippen molar-refractivity contribution in [2.75, 3.05) is 18.9 Å². The second-order valence-corrected chi connectivity index (χ2v) is 5.26. The highest BCUT2D eigenvalue weighted by Gasteiger charge is 2.24. The fourth-order valence-electron chi connectivity index (χ4n) is 2.26. The topological polar surface area (TPSA) is 75.3 Å². The zero-order valence-corrected chi connectivity index (χ0v) is 10.1. The maximum absolute atomic E-state index is 8.85. The predicted molar refractivity (Wildman–Crippen MR) is 64.1 cm³/mol. The van der Waals surface area contributed by atoms with Crippen LogP contribution in [0, 0.1) is 0 Å². The van der Waals surface area contributed by atoms with Crippen LogP contribution in [0.25, 0.3) is 0 Å². The summed E-state index contributed by atoms with van der Waals surface area (Å²) in [6.07, 6.45) is 4.43. The molecular weight excluding hydrogens is 224 g/mol. The molecule has 3 N–H and O–H groups in total.